The highest BCUT2D eigenvalue weighted by Crippen LogP contribution is 2.13. The maximum Gasteiger partial charge on any atom is 0.119 e. The van der Waals surface area contributed by atoms with Gasteiger partial charge in [0.25, 0.3) is 0 Å². The fourth-order valence-corrected chi connectivity index (χ4v) is 2.59. The number of hydrogen-bond acceptors (Lipinski definition) is 4. The van der Waals surface area contributed by atoms with Crippen molar-refractivity contribution in [1.29, 1.82) is 0 Å². The van der Waals surface area contributed by atoms with Crippen LogP contribution in [0, 0.1) is 3.57 Å². The summed E-state index contributed by atoms with van der Waals surface area (Å²) in [5.41, 5.74) is 1.25. The van der Waals surface area contributed by atoms with Crippen LogP contribution in [0.4, 0.5) is 0 Å². The van der Waals surface area contributed by atoms with Crippen molar-refractivity contribution >= 4 is 33.9 Å². The summed E-state index contributed by atoms with van der Waals surface area (Å²) in [5, 5.41) is 17.2. The summed E-state index contributed by atoms with van der Waals surface area (Å²) in [6.45, 7) is 1.61. The minimum Gasteiger partial charge on any atom is -0.491 e. The Hall–Kier alpha value is -0.630. The number of thiophene rings is 1. The SMILES string of the molecule is OC(CNCc1ccsc1)COc1ccc(I)cc1. The molecule has 2 rings (SSSR count). The van der Waals surface area contributed by atoms with E-state index in [1.54, 1.807) is 11.3 Å². The molecule has 0 bridgehead atoms. The van der Waals surface area contributed by atoms with E-state index in [0.29, 0.717) is 13.2 Å². The second-order valence-electron chi connectivity index (χ2n) is 4.18. The first-order valence-electron chi connectivity index (χ1n) is 6.02. The number of benzene rings is 1. The van der Waals surface area contributed by atoms with Crippen LogP contribution < -0.4 is 10.1 Å². The fourth-order valence-electron chi connectivity index (χ4n) is 1.56. The Labute approximate surface area is 130 Å². The summed E-state index contributed by atoms with van der Waals surface area (Å²) in [4.78, 5) is 0. The molecule has 3 nitrogen and oxygen atoms in total. The zero-order chi connectivity index (χ0) is 13.5. The molecular weight excluding hydrogens is 373 g/mol. The highest BCUT2D eigenvalue weighted by atomic mass is 127. The maximum atomic E-state index is 9.81. The molecule has 0 radical (unpaired) electrons. The van der Waals surface area contributed by atoms with Crippen molar-refractivity contribution in [3.63, 3.8) is 0 Å². The number of rotatable bonds is 7. The third kappa shape index (κ3) is 5.48. The maximum absolute atomic E-state index is 9.81. The van der Waals surface area contributed by atoms with Gasteiger partial charge in [-0.3, -0.25) is 0 Å². The molecule has 19 heavy (non-hydrogen) atoms. The van der Waals surface area contributed by atoms with Gasteiger partial charge in [0, 0.05) is 16.7 Å². The monoisotopic (exact) mass is 389 g/mol. The van der Waals surface area contributed by atoms with Crippen LogP contribution in [0.1, 0.15) is 5.56 Å². The first-order chi connectivity index (χ1) is 9.24. The van der Waals surface area contributed by atoms with Gasteiger partial charge in [0.05, 0.1) is 0 Å². The number of nitrogens with one attached hydrogen (secondary N) is 1. The van der Waals surface area contributed by atoms with Crippen molar-refractivity contribution in [2.75, 3.05) is 13.2 Å². The van der Waals surface area contributed by atoms with Crippen LogP contribution >= 0.6 is 33.9 Å². The molecule has 5 heteroatoms. The van der Waals surface area contributed by atoms with Gasteiger partial charge < -0.3 is 15.2 Å². The molecule has 1 aromatic heterocycles. The van der Waals surface area contributed by atoms with Crippen molar-refractivity contribution in [3.8, 4) is 5.75 Å². The minimum absolute atomic E-state index is 0.303. The molecule has 2 aromatic rings. The lowest BCUT2D eigenvalue weighted by Gasteiger charge is -2.13. The second-order valence-corrected chi connectivity index (χ2v) is 6.21. The van der Waals surface area contributed by atoms with Crippen molar-refractivity contribution in [1.82, 2.24) is 5.32 Å². The molecule has 0 fully saturated rings. The van der Waals surface area contributed by atoms with E-state index in [9.17, 15) is 5.11 Å². The molecule has 0 amide bonds. The molecule has 0 aliphatic heterocycles. The Morgan fingerprint density at radius 2 is 2.05 bits per heavy atom. The number of halogens is 1. The van der Waals surface area contributed by atoms with Gasteiger partial charge in [-0.05, 0) is 69.2 Å². The van der Waals surface area contributed by atoms with Gasteiger partial charge in [0.15, 0.2) is 0 Å². The molecule has 0 saturated carbocycles. The van der Waals surface area contributed by atoms with E-state index in [4.69, 9.17) is 4.74 Å². The number of ether oxygens (including phenoxy) is 1. The lowest BCUT2D eigenvalue weighted by Crippen LogP contribution is -2.31. The van der Waals surface area contributed by atoms with E-state index in [-0.39, 0.29) is 0 Å². The van der Waals surface area contributed by atoms with E-state index >= 15 is 0 Å². The van der Waals surface area contributed by atoms with Crippen LogP contribution in [0.15, 0.2) is 41.1 Å². The molecule has 2 N–H and O–H groups in total. The third-order valence-electron chi connectivity index (χ3n) is 2.55. The summed E-state index contributed by atoms with van der Waals surface area (Å²) in [7, 11) is 0. The smallest absolute Gasteiger partial charge is 0.119 e. The molecule has 1 unspecified atom stereocenters. The molecule has 0 saturated heterocycles. The Kier molecular flexibility index (Phi) is 6.09. The summed E-state index contributed by atoms with van der Waals surface area (Å²) in [6.07, 6.45) is -0.502. The Bertz CT molecular complexity index is 473. The first-order valence-corrected chi connectivity index (χ1v) is 8.04. The van der Waals surface area contributed by atoms with Crippen LogP contribution in [0.5, 0.6) is 5.75 Å². The average Bonchev–Trinajstić information content (AvgIpc) is 2.91. The topological polar surface area (TPSA) is 41.5 Å². The summed E-state index contributed by atoms with van der Waals surface area (Å²) in [6, 6.07) is 9.86. The average molecular weight is 389 g/mol. The molecule has 0 aliphatic carbocycles. The zero-order valence-corrected chi connectivity index (χ0v) is 13.4. The van der Waals surface area contributed by atoms with Gasteiger partial charge in [-0.2, -0.15) is 11.3 Å². The van der Waals surface area contributed by atoms with E-state index in [0.717, 1.165) is 12.3 Å². The third-order valence-corrected chi connectivity index (χ3v) is 4.00. The number of aliphatic hydroxyl groups excluding tert-OH is 1. The van der Waals surface area contributed by atoms with Gasteiger partial charge in [0.2, 0.25) is 0 Å². The lowest BCUT2D eigenvalue weighted by molar-refractivity contribution is 0.106. The van der Waals surface area contributed by atoms with Gasteiger partial charge in [0.1, 0.15) is 18.5 Å². The fraction of sp³-hybridized carbons (Fsp3) is 0.286. The second kappa shape index (κ2) is 7.84. The van der Waals surface area contributed by atoms with Crippen molar-refractivity contribution in [2.45, 2.75) is 12.6 Å². The molecule has 1 heterocycles. The van der Waals surface area contributed by atoms with Gasteiger partial charge >= 0.3 is 0 Å². The zero-order valence-electron chi connectivity index (χ0n) is 10.4. The van der Waals surface area contributed by atoms with E-state index < -0.39 is 6.10 Å². The van der Waals surface area contributed by atoms with Crippen LogP contribution in [-0.2, 0) is 6.54 Å². The van der Waals surface area contributed by atoms with Crippen LogP contribution in [-0.4, -0.2) is 24.4 Å². The van der Waals surface area contributed by atoms with Crippen LogP contribution in [0.2, 0.25) is 0 Å². The highest BCUT2D eigenvalue weighted by Gasteiger charge is 2.05. The standard InChI is InChI=1S/C14H16INO2S/c15-12-1-3-14(4-2-12)18-9-13(17)8-16-7-11-5-6-19-10-11/h1-6,10,13,16-17H,7-9H2. The van der Waals surface area contributed by atoms with Gasteiger partial charge in [-0.25, -0.2) is 0 Å². The molecule has 1 aromatic carbocycles. The molecular formula is C14H16INO2S. The molecule has 102 valence electrons. The summed E-state index contributed by atoms with van der Waals surface area (Å²) in [5.74, 6) is 0.789. The predicted molar refractivity (Wildman–Crippen MR) is 86.7 cm³/mol. The van der Waals surface area contributed by atoms with Crippen molar-refractivity contribution < 1.29 is 9.84 Å². The minimum atomic E-state index is -0.502. The first kappa shape index (κ1) is 14.8. The number of hydrogen-bond donors (Lipinski definition) is 2. The van der Waals surface area contributed by atoms with E-state index in [2.05, 4.69) is 39.4 Å². The van der Waals surface area contributed by atoms with Gasteiger partial charge in [-0.1, -0.05) is 0 Å². The van der Waals surface area contributed by atoms with Crippen molar-refractivity contribution in [3.05, 3.63) is 50.2 Å². The Balaban J connectivity index is 1.64. The quantitative estimate of drug-likeness (QED) is 0.716. The summed E-state index contributed by atoms with van der Waals surface area (Å²) >= 11 is 3.93. The van der Waals surface area contributed by atoms with Gasteiger partial charge in [-0.15, -0.1) is 0 Å². The van der Waals surface area contributed by atoms with Crippen LogP contribution in [0.3, 0.4) is 0 Å². The number of aliphatic hydroxyl groups is 1. The van der Waals surface area contributed by atoms with E-state index in [1.807, 2.05) is 29.6 Å². The Morgan fingerprint density at radius 3 is 2.74 bits per heavy atom. The highest BCUT2D eigenvalue weighted by molar-refractivity contribution is 14.1. The largest absolute Gasteiger partial charge is 0.491 e. The van der Waals surface area contributed by atoms with Crippen molar-refractivity contribution in [2.24, 2.45) is 0 Å². The summed E-state index contributed by atoms with van der Waals surface area (Å²) < 4.78 is 6.69. The van der Waals surface area contributed by atoms with E-state index in [1.165, 1.54) is 9.13 Å². The normalized spacial score (nSPS) is 12.3. The molecule has 1 atom stereocenters. The molecule has 0 aliphatic rings. The Morgan fingerprint density at radius 1 is 1.26 bits per heavy atom. The lowest BCUT2D eigenvalue weighted by atomic mass is 10.3. The van der Waals surface area contributed by atoms with Crippen LogP contribution in [0.25, 0.3) is 0 Å². The molecule has 0 spiro atoms. The predicted octanol–water partition coefficient (Wildman–Crippen LogP) is 2.88.